The van der Waals surface area contributed by atoms with E-state index in [9.17, 15) is 9.00 Å². The maximum Gasteiger partial charge on any atom is 0.254 e. The van der Waals surface area contributed by atoms with Gasteiger partial charge in [0.25, 0.3) is 5.91 Å². The Morgan fingerprint density at radius 2 is 1.65 bits per heavy atom. The number of hydrogen-bond acceptors (Lipinski definition) is 4. The van der Waals surface area contributed by atoms with Crippen LogP contribution in [0.5, 0.6) is 0 Å². The topological polar surface area (TPSA) is 89.4 Å². The Hall–Kier alpha value is -1.56. The van der Waals surface area contributed by atoms with Gasteiger partial charge in [-0.1, -0.05) is 0 Å². The molecule has 1 aromatic carbocycles. The highest BCUT2D eigenvalue weighted by Crippen LogP contribution is 2.16. The quantitative estimate of drug-likeness (QED) is 0.692. The largest absolute Gasteiger partial charge is 0.399 e. The van der Waals surface area contributed by atoms with Crippen molar-refractivity contribution in [1.29, 1.82) is 0 Å². The van der Waals surface area contributed by atoms with Crippen LogP contribution in [0.2, 0.25) is 0 Å². The first-order valence-electron chi connectivity index (χ1n) is 5.36. The Morgan fingerprint density at radius 1 is 1.12 bits per heavy atom. The Kier molecular flexibility index (Phi) is 3.33. The van der Waals surface area contributed by atoms with Gasteiger partial charge in [0.05, 0.1) is 0 Å². The molecule has 1 fully saturated rings. The molecule has 0 bridgehead atoms. The minimum atomic E-state index is -0.786. The summed E-state index contributed by atoms with van der Waals surface area (Å²) in [4.78, 5) is 13.8. The van der Waals surface area contributed by atoms with Gasteiger partial charge in [0.1, 0.15) is 0 Å². The Balaban J connectivity index is 2.16. The van der Waals surface area contributed by atoms with Gasteiger partial charge in [-0.3, -0.25) is 9.00 Å². The van der Waals surface area contributed by atoms with Crippen molar-refractivity contribution in [3.63, 3.8) is 0 Å². The van der Waals surface area contributed by atoms with Crippen molar-refractivity contribution in [2.24, 2.45) is 0 Å². The summed E-state index contributed by atoms with van der Waals surface area (Å²) in [6.07, 6.45) is 0. The number of hydrogen-bond donors (Lipinski definition) is 2. The molecular weight excluding hydrogens is 238 g/mol. The van der Waals surface area contributed by atoms with Gasteiger partial charge >= 0.3 is 0 Å². The number of amides is 1. The van der Waals surface area contributed by atoms with Crippen molar-refractivity contribution in [3.8, 4) is 0 Å². The lowest BCUT2D eigenvalue weighted by Crippen LogP contribution is -2.41. The minimum Gasteiger partial charge on any atom is -0.399 e. The Labute approximate surface area is 102 Å². The van der Waals surface area contributed by atoms with Crippen molar-refractivity contribution in [3.05, 3.63) is 23.8 Å². The molecule has 0 aromatic heterocycles. The second kappa shape index (κ2) is 4.75. The molecule has 5 nitrogen and oxygen atoms in total. The number of rotatable bonds is 1. The first-order chi connectivity index (χ1) is 8.06. The number of nitrogens with two attached hydrogens (primary N) is 2. The zero-order valence-electron chi connectivity index (χ0n) is 9.39. The lowest BCUT2D eigenvalue weighted by Gasteiger charge is -2.26. The van der Waals surface area contributed by atoms with E-state index in [1.54, 1.807) is 23.1 Å². The second-order valence-electron chi connectivity index (χ2n) is 4.03. The number of nitrogen functional groups attached to an aromatic ring is 2. The van der Waals surface area contributed by atoms with Gasteiger partial charge in [-0.15, -0.1) is 0 Å². The van der Waals surface area contributed by atoms with Gasteiger partial charge in [0, 0.05) is 52.3 Å². The lowest BCUT2D eigenvalue weighted by atomic mass is 10.1. The molecule has 1 aliphatic rings. The average molecular weight is 253 g/mol. The number of benzene rings is 1. The van der Waals surface area contributed by atoms with Crippen LogP contribution in [0.25, 0.3) is 0 Å². The maximum atomic E-state index is 12.1. The molecule has 4 N–H and O–H groups in total. The van der Waals surface area contributed by atoms with Gasteiger partial charge in [-0.25, -0.2) is 0 Å². The molecule has 1 heterocycles. The SMILES string of the molecule is Nc1cc(N)cc(C(=O)N2CCS(=O)CC2)c1. The highest BCUT2D eigenvalue weighted by Gasteiger charge is 2.21. The van der Waals surface area contributed by atoms with Crippen LogP contribution in [0, 0.1) is 0 Å². The molecule has 0 radical (unpaired) electrons. The van der Waals surface area contributed by atoms with Crippen LogP contribution in [0.15, 0.2) is 18.2 Å². The van der Waals surface area contributed by atoms with E-state index in [4.69, 9.17) is 11.5 Å². The third-order valence-corrected chi connectivity index (χ3v) is 3.97. The lowest BCUT2D eigenvalue weighted by molar-refractivity contribution is 0.0771. The molecule has 1 aliphatic heterocycles. The van der Waals surface area contributed by atoms with Gasteiger partial charge < -0.3 is 16.4 Å². The molecule has 0 aliphatic carbocycles. The fourth-order valence-corrected chi connectivity index (χ4v) is 2.88. The molecule has 0 atom stereocenters. The zero-order chi connectivity index (χ0) is 12.4. The van der Waals surface area contributed by atoms with Crippen molar-refractivity contribution < 1.29 is 9.00 Å². The van der Waals surface area contributed by atoms with Crippen LogP contribution >= 0.6 is 0 Å². The number of anilines is 2. The summed E-state index contributed by atoms with van der Waals surface area (Å²) in [5, 5.41) is 0. The molecule has 1 amide bonds. The number of carbonyl (C=O) groups is 1. The van der Waals surface area contributed by atoms with Crippen LogP contribution in [-0.2, 0) is 10.8 Å². The van der Waals surface area contributed by atoms with Gasteiger partial charge in [0.15, 0.2) is 0 Å². The average Bonchev–Trinajstić information content (AvgIpc) is 2.28. The fraction of sp³-hybridized carbons (Fsp3) is 0.364. The van der Waals surface area contributed by atoms with E-state index in [0.717, 1.165) is 0 Å². The van der Waals surface area contributed by atoms with Crippen molar-refractivity contribution in [1.82, 2.24) is 4.90 Å². The molecular formula is C11H15N3O2S. The first-order valence-corrected chi connectivity index (χ1v) is 6.85. The Morgan fingerprint density at radius 3 is 2.18 bits per heavy atom. The number of nitrogens with zero attached hydrogens (tertiary/aromatic N) is 1. The molecule has 17 heavy (non-hydrogen) atoms. The summed E-state index contributed by atoms with van der Waals surface area (Å²) in [6, 6.07) is 4.84. The van der Waals surface area contributed by atoms with Crippen LogP contribution < -0.4 is 11.5 Å². The molecule has 92 valence electrons. The minimum absolute atomic E-state index is 0.0966. The van der Waals surface area contributed by atoms with E-state index in [2.05, 4.69) is 0 Å². The summed E-state index contributed by atoms with van der Waals surface area (Å²) in [6.45, 7) is 1.06. The third-order valence-electron chi connectivity index (χ3n) is 2.69. The van der Waals surface area contributed by atoms with Crippen molar-refractivity contribution >= 4 is 28.1 Å². The molecule has 0 unspecified atom stereocenters. The fourth-order valence-electron chi connectivity index (χ4n) is 1.82. The zero-order valence-corrected chi connectivity index (χ0v) is 10.2. The van der Waals surface area contributed by atoms with Crippen molar-refractivity contribution in [2.45, 2.75) is 0 Å². The van der Waals surface area contributed by atoms with Crippen LogP contribution in [-0.4, -0.2) is 39.6 Å². The predicted molar refractivity (Wildman–Crippen MR) is 69.0 cm³/mol. The van der Waals surface area contributed by atoms with Gasteiger partial charge in [0.2, 0.25) is 0 Å². The first kappa shape index (κ1) is 11.9. The maximum absolute atomic E-state index is 12.1. The van der Waals surface area contributed by atoms with Crippen molar-refractivity contribution in [2.75, 3.05) is 36.1 Å². The van der Waals surface area contributed by atoms with Crippen LogP contribution in [0.3, 0.4) is 0 Å². The van der Waals surface area contributed by atoms with E-state index in [0.29, 0.717) is 41.5 Å². The van der Waals surface area contributed by atoms with E-state index in [-0.39, 0.29) is 5.91 Å². The normalized spacial score (nSPS) is 17.1. The molecule has 1 aromatic rings. The summed E-state index contributed by atoms with van der Waals surface area (Å²) >= 11 is 0. The molecule has 6 heteroatoms. The highest BCUT2D eigenvalue weighted by atomic mass is 32.2. The smallest absolute Gasteiger partial charge is 0.254 e. The van der Waals surface area contributed by atoms with Gasteiger partial charge in [-0.05, 0) is 18.2 Å². The molecule has 0 saturated carbocycles. The molecule has 2 rings (SSSR count). The van der Waals surface area contributed by atoms with E-state index >= 15 is 0 Å². The summed E-state index contributed by atoms with van der Waals surface area (Å²) in [5.41, 5.74) is 12.8. The van der Waals surface area contributed by atoms with Crippen LogP contribution in [0.1, 0.15) is 10.4 Å². The summed E-state index contributed by atoms with van der Waals surface area (Å²) < 4.78 is 11.2. The summed E-state index contributed by atoms with van der Waals surface area (Å²) in [7, 11) is -0.786. The van der Waals surface area contributed by atoms with E-state index in [1.807, 2.05) is 0 Å². The predicted octanol–water partition coefficient (Wildman–Crippen LogP) is 0.0555. The second-order valence-corrected chi connectivity index (χ2v) is 5.72. The van der Waals surface area contributed by atoms with E-state index in [1.165, 1.54) is 0 Å². The monoisotopic (exact) mass is 253 g/mol. The number of carbonyl (C=O) groups excluding carboxylic acids is 1. The highest BCUT2D eigenvalue weighted by molar-refractivity contribution is 7.85. The van der Waals surface area contributed by atoms with Gasteiger partial charge in [-0.2, -0.15) is 0 Å². The van der Waals surface area contributed by atoms with E-state index < -0.39 is 10.8 Å². The Bertz CT molecular complexity index is 446. The van der Waals surface area contributed by atoms with Crippen LogP contribution in [0.4, 0.5) is 11.4 Å². The summed E-state index contributed by atoms with van der Waals surface area (Å²) in [5.74, 6) is 0.994. The third kappa shape index (κ3) is 2.76. The molecule has 1 saturated heterocycles. The standard InChI is InChI=1S/C11H15N3O2S/c12-9-5-8(6-10(13)7-9)11(15)14-1-3-17(16)4-2-14/h5-7H,1-4,12-13H2. The molecule has 0 spiro atoms.